The summed E-state index contributed by atoms with van der Waals surface area (Å²) in [6.07, 6.45) is 5.72. The summed E-state index contributed by atoms with van der Waals surface area (Å²) in [6, 6.07) is 0.478. The first-order chi connectivity index (χ1) is 11.5. The lowest BCUT2D eigenvalue weighted by Gasteiger charge is -2.25. The summed E-state index contributed by atoms with van der Waals surface area (Å²) in [5, 5.41) is 9.96. The number of nitrogens with zero attached hydrogens (tertiary/aromatic N) is 3. The van der Waals surface area contributed by atoms with Gasteiger partial charge in [0.2, 0.25) is 5.91 Å². The number of aromatic nitrogens is 1. The number of carbonyl (C=O) groups is 2. The number of amides is 1. The molecule has 2 aliphatic heterocycles. The Morgan fingerprint density at radius 1 is 1.29 bits per heavy atom. The molecule has 1 aromatic rings. The Hall–Kier alpha value is -1.47. The van der Waals surface area contributed by atoms with Gasteiger partial charge in [0.05, 0.1) is 6.04 Å². The predicted molar refractivity (Wildman–Crippen MR) is 92.4 cm³/mol. The molecule has 3 heterocycles. The normalized spacial score (nSPS) is 24.7. The third-order valence-corrected chi connectivity index (χ3v) is 6.31. The van der Waals surface area contributed by atoms with E-state index in [0.717, 1.165) is 37.4 Å². The van der Waals surface area contributed by atoms with Crippen molar-refractivity contribution in [1.29, 1.82) is 0 Å². The average molecular weight is 351 g/mol. The molecule has 0 aliphatic carbocycles. The van der Waals surface area contributed by atoms with Crippen molar-refractivity contribution in [2.75, 3.05) is 20.1 Å². The Balaban J connectivity index is 1.65. The van der Waals surface area contributed by atoms with Crippen LogP contribution in [0.1, 0.15) is 64.9 Å². The highest BCUT2D eigenvalue weighted by Crippen LogP contribution is 2.36. The van der Waals surface area contributed by atoms with Crippen molar-refractivity contribution in [3.05, 3.63) is 15.6 Å². The van der Waals surface area contributed by atoms with E-state index in [1.807, 2.05) is 4.90 Å². The maximum atomic E-state index is 12.7. The number of hydrogen-bond donors (Lipinski definition) is 1. The molecule has 1 N–H and O–H groups in total. The van der Waals surface area contributed by atoms with Gasteiger partial charge >= 0.3 is 5.97 Å². The number of carbonyl (C=O) groups excluding carboxylic acids is 1. The Bertz CT molecular complexity index is 631. The summed E-state index contributed by atoms with van der Waals surface area (Å²) in [5.74, 6) is -0.808. The van der Waals surface area contributed by atoms with Gasteiger partial charge in [0.15, 0.2) is 5.69 Å². The molecule has 0 saturated carbocycles. The zero-order valence-electron chi connectivity index (χ0n) is 14.3. The number of hydrogen-bond acceptors (Lipinski definition) is 5. The van der Waals surface area contributed by atoms with E-state index in [1.165, 1.54) is 24.2 Å². The SMILES string of the molecule is Cc1sc(C2CCCN2C(=O)CCC2CCCN2C)nc1C(=O)O. The quantitative estimate of drug-likeness (QED) is 0.883. The van der Waals surface area contributed by atoms with Crippen LogP contribution in [0.3, 0.4) is 0 Å². The van der Waals surface area contributed by atoms with Gasteiger partial charge < -0.3 is 14.9 Å². The standard InChI is InChI=1S/C17H25N3O3S/c1-11-15(17(22)23)18-16(24-11)13-6-4-10-20(13)14(21)8-7-12-5-3-9-19(12)2/h12-13H,3-10H2,1-2H3,(H,22,23). The lowest BCUT2D eigenvalue weighted by molar-refractivity contribution is -0.132. The minimum absolute atomic E-state index is 0.0457. The molecule has 1 aromatic heterocycles. The Labute approximate surface area is 146 Å². The number of likely N-dealkylation sites (tertiary alicyclic amines) is 2. The third-order valence-electron chi connectivity index (χ3n) is 5.24. The van der Waals surface area contributed by atoms with Crippen LogP contribution in [0.5, 0.6) is 0 Å². The van der Waals surface area contributed by atoms with Gasteiger partial charge in [-0.3, -0.25) is 4.79 Å². The van der Waals surface area contributed by atoms with Crippen molar-refractivity contribution in [2.45, 2.75) is 57.5 Å². The van der Waals surface area contributed by atoms with Crippen LogP contribution >= 0.6 is 11.3 Å². The second-order valence-electron chi connectivity index (χ2n) is 6.82. The first-order valence-corrected chi connectivity index (χ1v) is 9.49. The van der Waals surface area contributed by atoms with Gasteiger partial charge in [0.25, 0.3) is 0 Å². The molecular formula is C17H25N3O3S. The lowest BCUT2D eigenvalue weighted by Crippen LogP contribution is -2.32. The van der Waals surface area contributed by atoms with E-state index in [1.54, 1.807) is 6.92 Å². The number of aromatic carboxylic acids is 1. The van der Waals surface area contributed by atoms with Crippen molar-refractivity contribution in [1.82, 2.24) is 14.8 Å². The van der Waals surface area contributed by atoms with Crippen LogP contribution < -0.4 is 0 Å². The molecule has 2 atom stereocenters. The van der Waals surface area contributed by atoms with Gasteiger partial charge in [-0.2, -0.15) is 0 Å². The van der Waals surface area contributed by atoms with E-state index in [0.29, 0.717) is 17.3 Å². The number of carboxylic acids is 1. The van der Waals surface area contributed by atoms with Crippen molar-refractivity contribution >= 4 is 23.2 Å². The summed E-state index contributed by atoms with van der Waals surface area (Å²) in [7, 11) is 2.13. The highest BCUT2D eigenvalue weighted by molar-refractivity contribution is 7.12. The van der Waals surface area contributed by atoms with Crippen LogP contribution in [0.2, 0.25) is 0 Å². The van der Waals surface area contributed by atoms with Gasteiger partial charge in [0, 0.05) is 23.9 Å². The summed E-state index contributed by atoms with van der Waals surface area (Å²) in [4.78, 5) is 33.2. The van der Waals surface area contributed by atoms with Crippen molar-refractivity contribution < 1.29 is 14.7 Å². The van der Waals surface area contributed by atoms with E-state index in [9.17, 15) is 14.7 Å². The Kier molecular flexibility index (Phi) is 5.20. The first-order valence-electron chi connectivity index (χ1n) is 8.67. The minimum atomic E-state index is -0.991. The van der Waals surface area contributed by atoms with Crippen LogP contribution in [0.4, 0.5) is 0 Å². The molecule has 2 aliphatic rings. The molecule has 2 fully saturated rings. The summed E-state index contributed by atoms with van der Waals surface area (Å²) in [5.41, 5.74) is 0.127. The molecule has 6 nitrogen and oxygen atoms in total. The molecule has 1 amide bonds. The molecule has 24 heavy (non-hydrogen) atoms. The van der Waals surface area contributed by atoms with Gasteiger partial charge in [0.1, 0.15) is 5.01 Å². The monoisotopic (exact) mass is 351 g/mol. The number of aryl methyl sites for hydroxylation is 1. The van der Waals surface area contributed by atoms with Crippen molar-refractivity contribution in [3.8, 4) is 0 Å². The predicted octanol–water partition coefficient (Wildman–Crippen LogP) is 2.69. The van der Waals surface area contributed by atoms with Crippen LogP contribution in [-0.2, 0) is 4.79 Å². The largest absolute Gasteiger partial charge is 0.476 e. The van der Waals surface area contributed by atoms with Crippen LogP contribution in [0, 0.1) is 6.92 Å². The molecule has 2 unspecified atom stereocenters. The maximum absolute atomic E-state index is 12.7. The molecule has 0 aromatic carbocycles. The van der Waals surface area contributed by atoms with E-state index < -0.39 is 5.97 Å². The molecule has 2 saturated heterocycles. The summed E-state index contributed by atoms with van der Waals surface area (Å²) < 4.78 is 0. The molecule has 3 rings (SSSR count). The second-order valence-corrected chi connectivity index (χ2v) is 8.06. The lowest BCUT2D eigenvalue weighted by atomic mass is 10.1. The number of thiazole rings is 1. The Morgan fingerprint density at radius 3 is 2.67 bits per heavy atom. The molecule has 0 radical (unpaired) electrons. The van der Waals surface area contributed by atoms with Crippen molar-refractivity contribution in [2.24, 2.45) is 0 Å². The highest BCUT2D eigenvalue weighted by atomic mass is 32.1. The fourth-order valence-electron chi connectivity index (χ4n) is 3.86. The average Bonchev–Trinajstić information content (AvgIpc) is 3.23. The van der Waals surface area contributed by atoms with Gasteiger partial charge in [-0.1, -0.05) is 0 Å². The van der Waals surface area contributed by atoms with Crippen molar-refractivity contribution in [3.63, 3.8) is 0 Å². The zero-order chi connectivity index (χ0) is 17.3. The fraction of sp³-hybridized carbons (Fsp3) is 0.706. The van der Waals surface area contributed by atoms with E-state index in [-0.39, 0.29) is 17.6 Å². The first kappa shape index (κ1) is 17.4. The van der Waals surface area contributed by atoms with Crippen LogP contribution in [0.15, 0.2) is 0 Å². The number of carboxylic acid groups (broad SMARTS) is 1. The van der Waals surface area contributed by atoms with E-state index in [2.05, 4.69) is 16.9 Å². The fourth-order valence-corrected chi connectivity index (χ4v) is 4.92. The molecule has 7 heteroatoms. The second kappa shape index (κ2) is 7.19. The zero-order valence-corrected chi connectivity index (χ0v) is 15.1. The molecule has 132 valence electrons. The van der Waals surface area contributed by atoms with Crippen LogP contribution in [0.25, 0.3) is 0 Å². The molecular weight excluding hydrogens is 326 g/mol. The van der Waals surface area contributed by atoms with Gasteiger partial charge in [-0.15, -0.1) is 11.3 Å². The minimum Gasteiger partial charge on any atom is -0.476 e. The Morgan fingerprint density at radius 2 is 2.04 bits per heavy atom. The topological polar surface area (TPSA) is 73.7 Å². The van der Waals surface area contributed by atoms with Gasteiger partial charge in [-0.25, -0.2) is 9.78 Å². The summed E-state index contributed by atoms with van der Waals surface area (Å²) in [6.45, 7) is 3.66. The van der Waals surface area contributed by atoms with E-state index >= 15 is 0 Å². The summed E-state index contributed by atoms with van der Waals surface area (Å²) >= 11 is 1.41. The molecule has 0 bridgehead atoms. The highest BCUT2D eigenvalue weighted by Gasteiger charge is 2.33. The molecule has 0 spiro atoms. The van der Waals surface area contributed by atoms with Gasteiger partial charge in [-0.05, 0) is 52.6 Å². The smallest absolute Gasteiger partial charge is 0.355 e. The van der Waals surface area contributed by atoms with E-state index in [4.69, 9.17) is 0 Å². The maximum Gasteiger partial charge on any atom is 0.355 e. The van der Waals surface area contributed by atoms with Crippen LogP contribution in [-0.4, -0.2) is 57.9 Å². The number of rotatable bonds is 5. The third kappa shape index (κ3) is 3.47.